The molecule has 7 heteroatoms. The Morgan fingerprint density at radius 3 is 2.90 bits per heavy atom. The van der Waals surface area contributed by atoms with Crippen LogP contribution in [0.4, 0.5) is 5.82 Å². The second kappa shape index (κ2) is 6.19. The Hall–Kier alpha value is -1.66. The maximum Gasteiger partial charge on any atom is 0.337 e. The van der Waals surface area contributed by atoms with Crippen LogP contribution in [0, 0.1) is 0 Å². The number of aryl methyl sites for hydroxylation is 1. The number of carboxylic acids is 1. The van der Waals surface area contributed by atoms with E-state index in [0.717, 1.165) is 11.4 Å². The summed E-state index contributed by atoms with van der Waals surface area (Å²) in [6, 6.07) is 1.29. The van der Waals surface area contributed by atoms with Crippen molar-refractivity contribution in [1.29, 1.82) is 0 Å². The van der Waals surface area contributed by atoms with Crippen LogP contribution in [0.25, 0.3) is 0 Å². The van der Waals surface area contributed by atoms with Crippen molar-refractivity contribution in [2.45, 2.75) is 26.3 Å². The number of nitrogens with zero attached hydrogens (tertiary/aromatic N) is 2. The van der Waals surface area contributed by atoms with E-state index in [0.29, 0.717) is 5.82 Å². The molecule has 2 rings (SSSR count). The third-order valence-electron chi connectivity index (χ3n) is 2.76. The molecule has 0 bridgehead atoms. The van der Waals surface area contributed by atoms with Crippen LogP contribution in [-0.2, 0) is 6.42 Å². The van der Waals surface area contributed by atoms with Gasteiger partial charge in [-0.05, 0) is 19.4 Å². The molecule has 1 atom stereocenters. The van der Waals surface area contributed by atoms with E-state index in [1.54, 1.807) is 11.3 Å². The highest BCUT2D eigenvalue weighted by molar-refractivity contribution is 7.11. The Morgan fingerprint density at radius 1 is 1.55 bits per heavy atom. The Labute approximate surface area is 125 Å². The third-order valence-corrected chi connectivity index (χ3v) is 4.47. The number of thiazole rings is 1. The molecule has 5 nitrogen and oxygen atoms in total. The average Bonchev–Trinajstić information content (AvgIpc) is 2.89. The summed E-state index contributed by atoms with van der Waals surface area (Å²) in [6.45, 7) is 4.01. The van der Waals surface area contributed by atoms with Gasteiger partial charge >= 0.3 is 5.97 Å². The standard InChI is InChI=1S/C13H14ClN3O2S/c1-3-8-6-16-12(20-8)7(2)17-11-10(14)9(13(18)19)4-5-15-11/h4-7H,3H2,1-2H3,(H,15,17)(H,18,19). The van der Waals surface area contributed by atoms with Gasteiger partial charge in [0.1, 0.15) is 10.8 Å². The molecule has 0 fully saturated rings. The lowest BCUT2D eigenvalue weighted by Gasteiger charge is -2.13. The van der Waals surface area contributed by atoms with Gasteiger partial charge in [-0.2, -0.15) is 0 Å². The Bertz CT molecular complexity index is 630. The first-order chi connectivity index (χ1) is 9.52. The summed E-state index contributed by atoms with van der Waals surface area (Å²) in [5.41, 5.74) is 0.0322. The SMILES string of the molecule is CCc1cnc(C(C)Nc2nccc(C(=O)O)c2Cl)s1. The number of anilines is 1. The lowest BCUT2D eigenvalue weighted by atomic mass is 10.2. The highest BCUT2D eigenvalue weighted by Gasteiger charge is 2.16. The summed E-state index contributed by atoms with van der Waals surface area (Å²) in [5, 5.41) is 13.2. The van der Waals surface area contributed by atoms with Crippen molar-refractivity contribution in [3.05, 3.63) is 38.9 Å². The molecule has 2 N–H and O–H groups in total. The van der Waals surface area contributed by atoms with Gasteiger partial charge in [-0.3, -0.25) is 0 Å². The van der Waals surface area contributed by atoms with E-state index in [4.69, 9.17) is 16.7 Å². The van der Waals surface area contributed by atoms with Gasteiger partial charge in [0.25, 0.3) is 0 Å². The summed E-state index contributed by atoms with van der Waals surface area (Å²) >= 11 is 7.66. The van der Waals surface area contributed by atoms with Gasteiger partial charge in [0.2, 0.25) is 0 Å². The topological polar surface area (TPSA) is 75.1 Å². The first-order valence-corrected chi connectivity index (χ1v) is 7.31. The highest BCUT2D eigenvalue weighted by atomic mass is 35.5. The van der Waals surface area contributed by atoms with Crippen LogP contribution in [-0.4, -0.2) is 21.0 Å². The van der Waals surface area contributed by atoms with Crippen LogP contribution in [0.2, 0.25) is 5.02 Å². The molecule has 20 heavy (non-hydrogen) atoms. The second-order valence-corrected chi connectivity index (χ2v) is 5.74. The number of carbonyl (C=O) groups is 1. The fraction of sp³-hybridized carbons (Fsp3) is 0.308. The van der Waals surface area contributed by atoms with Crippen LogP contribution >= 0.6 is 22.9 Å². The number of hydrogen-bond donors (Lipinski definition) is 2. The van der Waals surface area contributed by atoms with Crippen LogP contribution < -0.4 is 5.32 Å². The molecule has 0 aromatic carbocycles. The molecule has 0 aliphatic heterocycles. The molecule has 0 aliphatic carbocycles. The first-order valence-electron chi connectivity index (χ1n) is 6.11. The van der Waals surface area contributed by atoms with Gasteiger partial charge in [0.15, 0.2) is 0 Å². The first kappa shape index (κ1) is 14.7. The molecule has 0 saturated heterocycles. The quantitative estimate of drug-likeness (QED) is 0.882. The van der Waals surface area contributed by atoms with Crippen molar-refractivity contribution in [3.8, 4) is 0 Å². The maximum atomic E-state index is 11.0. The van der Waals surface area contributed by atoms with Crippen LogP contribution in [0.3, 0.4) is 0 Å². The molecule has 0 amide bonds. The molecule has 0 spiro atoms. The lowest BCUT2D eigenvalue weighted by Crippen LogP contribution is -2.09. The molecular weight excluding hydrogens is 298 g/mol. The van der Waals surface area contributed by atoms with Gasteiger partial charge in [0, 0.05) is 17.3 Å². The summed E-state index contributed by atoms with van der Waals surface area (Å²) in [7, 11) is 0. The number of carboxylic acid groups (broad SMARTS) is 1. The van der Waals surface area contributed by atoms with E-state index in [1.165, 1.54) is 17.1 Å². The molecular formula is C13H14ClN3O2S. The van der Waals surface area contributed by atoms with E-state index in [-0.39, 0.29) is 16.6 Å². The zero-order valence-electron chi connectivity index (χ0n) is 11.1. The lowest BCUT2D eigenvalue weighted by molar-refractivity contribution is 0.0697. The largest absolute Gasteiger partial charge is 0.478 e. The van der Waals surface area contributed by atoms with Crippen LogP contribution in [0.1, 0.15) is 40.1 Å². The Kier molecular flexibility index (Phi) is 4.57. The summed E-state index contributed by atoms with van der Waals surface area (Å²) in [6.07, 6.45) is 4.21. The molecule has 0 radical (unpaired) electrons. The average molecular weight is 312 g/mol. The van der Waals surface area contributed by atoms with E-state index in [1.807, 2.05) is 13.1 Å². The monoisotopic (exact) mass is 311 g/mol. The zero-order chi connectivity index (χ0) is 14.7. The maximum absolute atomic E-state index is 11.0. The van der Waals surface area contributed by atoms with Crippen molar-refractivity contribution < 1.29 is 9.90 Å². The molecule has 2 aromatic heterocycles. The van der Waals surface area contributed by atoms with Gasteiger partial charge < -0.3 is 10.4 Å². The molecule has 106 valence electrons. The van der Waals surface area contributed by atoms with E-state index in [2.05, 4.69) is 22.2 Å². The van der Waals surface area contributed by atoms with Gasteiger partial charge in [-0.25, -0.2) is 14.8 Å². The number of aromatic nitrogens is 2. The highest BCUT2D eigenvalue weighted by Crippen LogP contribution is 2.28. The summed E-state index contributed by atoms with van der Waals surface area (Å²) in [4.78, 5) is 20.6. The number of hydrogen-bond acceptors (Lipinski definition) is 5. The second-order valence-electron chi connectivity index (χ2n) is 4.21. The predicted molar refractivity (Wildman–Crippen MR) is 79.7 cm³/mol. The van der Waals surface area contributed by atoms with Crippen LogP contribution in [0.5, 0.6) is 0 Å². The van der Waals surface area contributed by atoms with E-state index < -0.39 is 5.97 Å². The molecule has 2 aromatic rings. The predicted octanol–water partition coefficient (Wildman–Crippen LogP) is 3.63. The minimum absolute atomic E-state index is 0.0322. The fourth-order valence-electron chi connectivity index (χ4n) is 1.66. The normalized spacial score (nSPS) is 12.2. The van der Waals surface area contributed by atoms with Crippen molar-refractivity contribution in [2.75, 3.05) is 5.32 Å². The van der Waals surface area contributed by atoms with Gasteiger partial charge in [-0.15, -0.1) is 11.3 Å². The van der Waals surface area contributed by atoms with Crippen molar-refractivity contribution in [2.24, 2.45) is 0 Å². The summed E-state index contributed by atoms with van der Waals surface area (Å²) in [5.74, 6) is -0.720. The smallest absolute Gasteiger partial charge is 0.337 e. The Balaban J connectivity index is 2.21. The van der Waals surface area contributed by atoms with Crippen LogP contribution in [0.15, 0.2) is 18.5 Å². The summed E-state index contributed by atoms with van der Waals surface area (Å²) < 4.78 is 0. The van der Waals surface area contributed by atoms with Crippen molar-refractivity contribution in [3.63, 3.8) is 0 Å². The fourth-order valence-corrected chi connectivity index (χ4v) is 2.77. The van der Waals surface area contributed by atoms with E-state index >= 15 is 0 Å². The van der Waals surface area contributed by atoms with Gasteiger partial charge in [0.05, 0.1) is 16.6 Å². The number of pyridine rings is 1. The van der Waals surface area contributed by atoms with Gasteiger partial charge in [-0.1, -0.05) is 18.5 Å². The minimum atomic E-state index is -1.07. The van der Waals surface area contributed by atoms with Crippen molar-refractivity contribution in [1.82, 2.24) is 9.97 Å². The molecule has 1 unspecified atom stereocenters. The molecule has 2 heterocycles. The van der Waals surface area contributed by atoms with E-state index in [9.17, 15) is 4.79 Å². The third kappa shape index (κ3) is 3.08. The zero-order valence-corrected chi connectivity index (χ0v) is 12.6. The molecule has 0 aliphatic rings. The number of rotatable bonds is 5. The number of halogens is 1. The minimum Gasteiger partial charge on any atom is -0.478 e. The number of aromatic carboxylic acids is 1. The Morgan fingerprint density at radius 2 is 2.30 bits per heavy atom. The van der Waals surface area contributed by atoms with Crippen molar-refractivity contribution >= 4 is 34.7 Å². The number of nitrogens with one attached hydrogen (secondary N) is 1. The molecule has 0 saturated carbocycles.